The first-order valence-electron chi connectivity index (χ1n) is 7.89. The van der Waals surface area contributed by atoms with E-state index in [9.17, 15) is 4.79 Å². The second-order valence-electron chi connectivity index (χ2n) is 5.26. The molecule has 0 radical (unpaired) electrons. The number of amides is 1. The van der Waals surface area contributed by atoms with E-state index in [1.807, 2.05) is 17.5 Å². The number of H-pyrrole nitrogens is 1. The quantitative estimate of drug-likeness (QED) is 0.481. The van der Waals surface area contributed by atoms with Gasteiger partial charge in [-0.2, -0.15) is 10.2 Å². The minimum Gasteiger partial charge on any atom is -0.493 e. The predicted molar refractivity (Wildman–Crippen MR) is 103 cm³/mol. The van der Waals surface area contributed by atoms with E-state index in [2.05, 4.69) is 20.7 Å². The first-order chi connectivity index (χ1) is 13.2. The number of rotatable bonds is 7. The highest BCUT2D eigenvalue weighted by Crippen LogP contribution is 2.39. The van der Waals surface area contributed by atoms with E-state index in [1.54, 1.807) is 19.2 Å². The van der Waals surface area contributed by atoms with Gasteiger partial charge in [-0.3, -0.25) is 9.89 Å². The van der Waals surface area contributed by atoms with Gasteiger partial charge in [0, 0.05) is 5.56 Å². The SMILES string of the molecule is COc1ccc(/C=N\NC(=O)c2cn[nH]c2-c2cccs2)c(OC)c1OC. The van der Waals surface area contributed by atoms with E-state index in [0.29, 0.717) is 34.1 Å². The highest BCUT2D eigenvalue weighted by molar-refractivity contribution is 7.13. The molecule has 3 rings (SSSR count). The Morgan fingerprint density at radius 1 is 1.19 bits per heavy atom. The molecule has 27 heavy (non-hydrogen) atoms. The summed E-state index contributed by atoms with van der Waals surface area (Å²) in [5, 5.41) is 12.7. The number of aromatic amines is 1. The van der Waals surface area contributed by atoms with Crippen LogP contribution in [-0.4, -0.2) is 43.6 Å². The van der Waals surface area contributed by atoms with E-state index < -0.39 is 0 Å². The summed E-state index contributed by atoms with van der Waals surface area (Å²) in [5.74, 6) is 1.07. The lowest BCUT2D eigenvalue weighted by Gasteiger charge is -2.13. The maximum Gasteiger partial charge on any atom is 0.275 e. The molecular formula is C18H18N4O4S. The van der Waals surface area contributed by atoms with Crippen LogP contribution in [0, 0.1) is 0 Å². The summed E-state index contributed by atoms with van der Waals surface area (Å²) in [6.45, 7) is 0. The number of nitrogens with one attached hydrogen (secondary N) is 2. The third-order valence-electron chi connectivity index (χ3n) is 3.76. The summed E-state index contributed by atoms with van der Waals surface area (Å²) in [6, 6.07) is 7.30. The van der Waals surface area contributed by atoms with Crippen molar-refractivity contribution in [2.75, 3.05) is 21.3 Å². The molecule has 0 atom stereocenters. The lowest BCUT2D eigenvalue weighted by Crippen LogP contribution is -2.17. The third-order valence-corrected chi connectivity index (χ3v) is 4.64. The van der Waals surface area contributed by atoms with Crippen molar-refractivity contribution in [1.82, 2.24) is 15.6 Å². The molecule has 0 unspecified atom stereocenters. The Hall–Kier alpha value is -3.33. The number of carbonyl (C=O) groups excluding carboxylic acids is 1. The van der Waals surface area contributed by atoms with E-state index in [-0.39, 0.29) is 5.91 Å². The monoisotopic (exact) mass is 386 g/mol. The summed E-state index contributed by atoms with van der Waals surface area (Å²) in [4.78, 5) is 13.4. The third kappa shape index (κ3) is 3.77. The van der Waals surface area contributed by atoms with Crippen molar-refractivity contribution in [3.63, 3.8) is 0 Å². The molecule has 140 valence electrons. The van der Waals surface area contributed by atoms with Crippen LogP contribution in [0.1, 0.15) is 15.9 Å². The molecule has 0 spiro atoms. The predicted octanol–water partition coefficient (Wildman–Crippen LogP) is 2.93. The number of benzene rings is 1. The molecule has 0 aliphatic rings. The summed E-state index contributed by atoms with van der Waals surface area (Å²) in [5.41, 5.74) is 4.19. The van der Waals surface area contributed by atoms with E-state index >= 15 is 0 Å². The second kappa shape index (κ2) is 8.37. The Labute approximate surface area is 159 Å². The first kappa shape index (κ1) is 18.5. The smallest absolute Gasteiger partial charge is 0.275 e. The topological polar surface area (TPSA) is 97.8 Å². The van der Waals surface area contributed by atoms with Gasteiger partial charge in [-0.1, -0.05) is 6.07 Å². The molecule has 0 saturated heterocycles. The number of hydrazone groups is 1. The summed E-state index contributed by atoms with van der Waals surface area (Å²) >= 11 is 1.51. The molecule has 3 aromatic rings. The molecule has 8 nitrogen and oxygen atoms in total. The van der Waals surface area contributed by atoms with Gasteiger partial charge in [0.15, 0.2) is 11.5 Å². The Morgan fingerprint density at radius 2 is 2.00 bits per heavy atom. The number of nitrogens with zero attached hydrogens (tertiary/aromatic N) is 2. The van der Waals surface area contributed by atoms with Crippen molar-refractivity contribution >= 4 is 23.5 Å². The number of thiophene rings is 1. The van der Waals surface area contributed by atoms with Gasteiger partial charge in [0.25, 0.3) is 5.91 Å². The fourth-order valence-corrected chi connectivity index (χ4v) is 3.25. The van der Waals surface area contributed by atoms with Crippen molar-refractivity contribution in [3.05, 3.63) is 47.0 Å². The molecule has 0 saturated carbocycles. The second-order valence-corrected chi connectivity index (χ2v) is 6.21. The highest BCUT2D eigenvalue weighted by Gasteiger charge is 2.16. The van der Waals surface area contributed by atoms with Crippen LogP contribution in [0.5, 0.6) is 17.2 Å². The van der Waals surface area contributed by atoms with Gasteiger partial charge in [-0.25, -0.2) is 5.43 Å². The molecule has 2 heterocycles. The minimum atomic E-state index is -0.372. The van der Waals surface area contributed by atoms with Crippen LogP contribution in [0.4, 0.5) is 0 Å². The zero-order valence-corrected chi connectivity index (χ0v) is 15.8. The fraction of sp³-hybridized carbons (Fsp3) is 0.167. The Morgan fingerprint density at radius 3 is 2.67 bits per heavy atom. The molecule has 1 amide bonds. The molecule has 0 bridgehead atoms. The number of aromatic nitrogens is 2. The van der Waals surface area contributed by atoms with Crippen LogP contribution in [0.3, 0.4) is 0 Å². The van der Waals surface area contributed by atoms with Crippen LogP contribution in [0.25, 0.3) is 10.6 Å². The number of methoxy groups -OCH3 is 3. The fourth-order valence-electron chi connectivity index (χ4n) is 2.51. The molecule has 0 aliphatic carbocycles. The number of ether oxygens (including phenoxy) is 3. The van der Waals surface area contributed by atoms with Gasteiger partial charge in [0.2, 0.25) is 5.75 Å². The maximum absolute atomic E-state index is 12.4. The van der Waals surface area contributed by atoms with Crippen molar-refractivity contribution in [1.29, 1.82) is 0 Å². The summed E-state index contributed by atoms with van der Waals surface area (Å²) in [6.07, 6.45) is 2.94. The number of carbonyl (C=O) groups is 1. The van der Waals surface area contributed by atoms with Crippen LogP contribution >= 0.6 is 11.3 Å². The molecule has 2 aromatic heterocycles. The Bertz CT molecular complexity index is 950. The largest absolute Gasteiger partial charge is 0.493 e. The van der Waals surface area contributed by atoms with Crippen LogP contribution in [0.2, 0.25) is 0 Å². The number of hydrogen-bond donors (Lipinski definition) is 2. The van der Waals surface area contributed by atoms with Crippen LogP contribution < -0.4 is 19.6 Å². The van der Waals surface area contributed by atoms with Gasteiger partial charge in [-0.15, -0.1) is 11.3 Å². The minimum absolute atomic E-state index is 0.372. The van der Waals surface area contributed by atoms with Gasteiger partial charge >= 0.3 is 0 Å². The van der Waals surface area contributed by atoms with Gasteiger partial charge in [0.05, 0.1) is 49.9 Å². The van der Waals surface area contributed by atoms with E-state index in [0.717, 1.165) is 4.88 Å². The van der Waals surface area contributed by atoms with Crippen molar-refractivity contribution in [2.45, 2.75) is 0 Å². The lowest BCUT2D eigenvalue weighted by molar-refractivity contribution is 0.0956. The zero-order chi connectivity index (χ0) is 19.2. The Balaban J connectivity index is 1.79. The van der Waals surface area contributed by atoms with Crippen molar-refractivity contribution in [3.8, 4) is 27.8 Å². The van der Waals surface area contributed by atoms with Gasteiger partial charge in [0.1, 0.15) is 0 Å². The standard InChI is InChI=1S/C18H18N4O4S/c1-24-13-7-6-11(16(25-2)17(13)26-3)9-19-22-18(23)12-10-20-21-15(12)14-5-4-8-27-14/h4-10H,1-3H3,(H,20,21)(H,22,23)/b19-9-. The zero-order valence-electron chi connectivity index (χ0n) is 15.0. The van der Waals surface area contributed by atoms with Crippen LogP contribution in [0.15, 0.2) is 40.9 Å². The average Bonchev–Trinajstić information content (AvgIpc) is 3.38. The van der Waals surface area contributed by atoms with Crippen molar-refractivity contribution in [2.24, 2.45) is 5.10 Å². The lowest BCUT2D eigenvalue weighted by atomic mass is 10.2. The molecule has 1 aromatic carbocycles. The first-order valence-corrected chi connectivity index (χ1v) is 8.77. The highest BCUT2D eigenvalue weighted by atomic mass is 32.1. The Kier molecular flexibility index (Phi) is 5.72. The van der Waals surface area contributed by atoms with Gasteiger partial charge in [-0.05, 0) is 23.6 Å². The molecule has 0 aliphatic heterocycles. The van der Waals surface area contributed by atoms with E-state index in [4.69, 9.17) is 14.2 Å². The molecule has 9 heteroatoms. The maximum atomic E-state index is 12.4. The molecular weight excluding hydrogens is 368 g/mol. The van der Waals surface area contributed by atoms with Crippen LogP contribution in [-0.2, 0) is 0 Å². The van der Waals surface area contributed by atoms with Gasteiger partial charge < -0.3 is 14.2 Å². The average molecular weight is 386 g/mol. The van der Waals surface area contributed by atoms with Crippen molar-refractivity contribution < 1.29 is 19.0 Å². The van der Waals surface area contributed by atoms with E-state index in [1.165, 1.54) is 38.0 Å². The number of hydrogen-bond acceptors (Lipinski definition) is 7. The molecule has 2 N–H and O–H groups in total. The summed E-state index contributed by atoms with van der Waals surface area (Å²) < 4.78 is 16.0. The summed E-state index contributed by atoms with van der Waals surface area (Å²) in [7, 11) is 4.58. The molecule has 0 fully saturated rings. The normalized spacial score (nSPS) is 10.8.